The summed E-state index contributed by atoms with van der Waals surface area (Å²) in [5.74, 6) is 0.878. The molecule has 0 aliphatic heterocycles. The van der Waals surface area contributed by atoms with E-state index in [1.165, 1.54) is 30.5 Å². The second-order valence-electron chi connectivity index (χ2n) is 5.13. The Balaban J connectivity index is 1.97. The van der Waals surface area contributed by atoms with Crippen LogP contribution in [-0.2, 0) is 0 Å². The molecule has 2 heteroatoms. The van der Waals surface area contributed by atoms with Gasteiger partial charge in [-0.05, 0) is 30.0 Å². The SMILES string of the molecule is CN(C)c1ccc(C(N)CC2CCC2)cc1. The smallest absolute Gasteiger partial charge is 0.0361 e. The third kappa shape index (κ3) is 2.56. The minimum Gasteiger partial charge on any atom is -0.378 e. The van der Waals surface area contributed by atoms with E-state index in [1.54, 1.807) is 0 Å². The fraction of sp³-hybridized carbons (Fsp3) is 0.571. The molecular formula is C14H22N2. The second-order valence-corrected chi connectivity index (χ2v) is 5.13. The van der Waals surface area contributed by atoms with Crippen LogP contribution in [0.4, 0.5) is 5.69 Å². The third-order valence-electron chi connectivity index (χ3n) is 3.65. The molecule has 2 nitrogen and oxygen atoms in total. The number of rotatable bonds is 4. The third-order valence-corrected chi connectivity index (χ3v) is 3.65. The lowest BCUT2D eigenvalue weighted by molar-refractivity contribution is 0.277. The quantitative estimate of drug-likeness (QED) is 0.842. The molecule has 88 valence electrons. The molecule has 0 saturated heterocycles. The Bertz CT molecular complexity index is 325. The van der Waals surface area contributed by atoms with E-state index in [-0.39, 0.29) is 6.04 Å². The number of nitrogens with zero attached hydrogens (tertiary/aromatic N) is 1. The molecular weight excluding hydrogens is 196 g/mol. The first kappa shape index (κ1) is 11.5. The van der Waals surface area contributed by atoms with Crippen LogP contribution in [0.15, 0.2) is 24.3 Å². The topological polar surface area (TPSA) is 29.3 Å². The van der Waals surface area contributed by atoms with Crippen molar-refractivity contribution in [2.24, 2.45) is 11.7 Å². The lowest BCUT2D eigenvalue weighted by atomic mass is 9.80. The summed E-state index contributed by atoms with van der Waals surface area (Å²) in [6.07, 6.45) is 5.31. The zero-order valence-electron chi connectivity index (χ0n) is 10.3. The summed E-state index contributed by atoms with van der Waals surface area (Å²) in [5.41, 5.74) is 8.73. The van der Waals surface area contributed by atoms with Gasteiger partial charge >= 0.3 is 0 Å². The van der Waals surface area contributed by atoms with Crippen molar-refractivity contribution >= 4 is 5.69 Å². The predicted octanol–water partition coefficient (Wildman–Crippen LogP) is 2.94. The molecule has 0 bridgehead atoms. The van der Waals surface area contributed by atoms with Gasteiger partial charge in [-0.2, -0.15) is 0 Å². The van der Waals surface area contributed by atoms with Gasteiger partial charge in [0.15, 0.2) is 0 Å². The van der Waals surface area contributed by atoms with Gasteiger partial charge in [-0.1, -0.05) is 31.4 Å². The Morgan fingerprint density at radius 2 is 1.88 bits per heavy atom. The predicted molar refractivity (Wildman–Crippen MR) is 69.7 cm³/mol. The van der Waals surface area contributed by atoms with Crippen molar-refractivity contribution in [1.82, 2.24) is 0 Å². The van der Waals surface area contributed by atoms with E-state index in [4.69, 9.17) is 5.73 Å². The molecule has 1 saturated carbocycles. The molecule has 1 atom stereocenters. The summed E-state index contributed by atoms with van der Waals surface area (Å²) in [5, 5.41) is 0. The van der Waals surface area contributed by atoms with Gasteiger partial charge in [0.25, 0.3) is 0 Å². The highest BCUT2D eigenvalue weighted by molar-refractivity contribution is 5.46. The standard InChI is InChI=1S/C14H22N2/c1-16(2)13-8-6-12(7-9-13)14(15)10-11-4-3-5-11/h6-9,11,14H,3-5,10,15H2,1-2H3. The highest BCUT2D eigenvalue weighted by Crippen LogP contribution is 2.33. The van der Waals surface area contributed by atoms with Crippen LogP contribution in [0.5, 0.6) is 0 Å². The molecule has 2 rings (SSSR count). The molecule has 1 unspecified atom stereocenters. The summed E-state index contributed by atoms with van der Waals surface area (Å²) in [6, 6.07) is 8.85. The van der Waals surface area contributed by atoms with Gasteiger partial charge in [0.2, 0.25) is 0 Å². The van der Waals surface area contributed by atoms with Gasteiger partial charge in [0.05, 0.1) is 0 Å². The molecule has 0 radical (unpaired) electrons. The summed E-state index contributed by atoms with van der Waals surface area (Å²) >= 11 is 0. The Kier molecular flexibility index (Phi) is 3.49. The minimum atomic E-state index is 0.224. The van der Waals surface area contributed by atoms with Crippen molar-refractivity contribution in [1.29, 1.82) is 0 Å². The molecule has 1 aliphatic carbocycles. The van der Waals surface area contributed by atoms with E-state index in [0.29, 0.717) is 0 Å². The van der Waals surface area contributed by atoms with Gasteiger partial charge in [0, 0.05) is 25.8 Å². The van der Waals surface area contributed by atoms with Gasteiger partial charge in [-0.25, -0.2) is 0 Å². The molecule has 1 aliphatic rings. The maximum absolute atomic E-state index is 6.22. The number of benzene rings is 1. The first-order chi connectivity index (χ1) is 7.66. The zero-order valence-corrected chi connectivity index (χ0v) is 10.3. The van der Waals surface area contributed by atoms with E-state index >= 15 is 0 Å². The lowest BCUT2D eigenvalue weighted by Crippen LogP contribution is -2.20. The highest BCUT2D eigenvalue weighted by Gasteiger charge is 2.20. The van der Waals surface area contributed by atoms with Crippen molar-refractivity contribution in [2.45, 2.75) is 31.7 Å². The van der Waals surface area contributed by atoms with Crippen LogP contribution in [-0.4, -0.2) is 14.1 Å². The Morgan fingerprint density at radius 3 is 2.31 bits per heavy atom. The van der Waals surface area contributed by atoms with Gasteiger partial charge in [0.1, 0.15) is 0 Å². The largest absolute Gasteiger partial charge is 0.378 e. The number of hydrogen-bond donors (Lipinski definition) is 1. The number of hydrogen-bond acceptors (Lipinski definition) is 2. The molecule has 1 aromatic carbocycles. The van der Waals surface area contributed by atoms with Crippen LogP contribution in [0.1, 0.15) is 37.3 Å². The van der Waals surface area contributed by atoms with Gasteiger partial charge in [-0.3, -0.25) is 0 Å². The maximum atomic E-state index is 6.22. The van der Waals surface area contributed by atoms with Crippen LogP contribution < -0.4 is 10.6 Å². The summed E-state index contributed by atoms with van der Waals surface area (Å²) < 4.78 is 0. The molecule has 16 heavy (non-hydrogen) atoms. The number of nitrogens with two attached hydrogens (primary N) is 1. The fourth-order valence-electron chi connectivity index (χ4n) is 2.24. The number of anilines is 1. The summed E-state index contributed by atoms with van der Waals surface area (Å²) in [6.45, 7) is 0. The molecule has 0 spiro atoms. The summed E-state index contributed by atoms with van der Waals surface area (Å²) in [7, 11) is 4.12. The van der Waals surface area contributed by atoms with Crippen molar-refractivity contribution in [3.05, 3.63) is 29.8 Å². The van der Waals surface area contributed by atoms with E-state index in [1.807, 2.05) is 0 Å². The molecule has 0 heterocycles. The van der Waals surface area contributed by atoms with Crippen LogP contribution in [0.3, 0.4) is 0 Å². The molecule has 1 aromatic rings. The first-order valence-electron chi connectivity index (χ1n) is 6.19. The van der Waals surface area contributed by atoms with Crippen LogP contribution in [0.25, 0.3) is 0 Å². The van der Waals surface area contributed by atoms with Crippen molar-refractivity contribution < 1.29 is 0 Å². The Morgan fingerprint density at radius 1 is 1.25 bits per heavy atom. The van der Waals surface area contributed by atoms with Crippen molar-refractivity contribution in [3.8, 4) is 0 Å². The molecule has 1 fully saturated rings. The van der Waals surface area contributed by atoms with Gasteiger partial charge < -0.3 is 10.6 Å². The van der Waals surface area contributed by atoms with Crippen molar-refractivity contribution in [3.63, 3.8) is 0 Å². The first-order valence-corrected chi connectivity index (χ1v) is 6.19. The van der Waals surface area contributed by atoms with E-state index in [2.05, 4.69) is 43.3 Å². The van der Waals surface area contributed by atoms with Crippen LogP contribution >= 0.6 is 0 Å². The highest BCUT2D eigenvalue weighted by atomic mass is 15.1. The average molecular weight is 218 g/mol. The van der Waals surface area contributed by atoms with Crippen molar-refractivity contribution in [2.75, 3.05) is 19.0 Å². The second kappa shape index (κ2) is 4.88. The zero-order chi connectivity index (χ0) is 11.5. The Labute approximate surface area is 98.4 Å². The minimum absolute atomic E-state index is 0.224. The maximum Gasteiger partial charge on any atom is 0.0361 e. The molecule has 2 N–H and O–H groups in total. The van der Waals surface area contributed by atoms with Crippen LogP contribution in [0.2, 0.25) is 0 Å². The molecule has 0 amide bonds. The summed E-state index contributed by atoms with van der Waals surface area (Å²) in [4.78, 5) is 2.11. The van der Waals surface area contributed by atoms with E-state index in [9.17, 15) is 0 Å². The Hall–Kier alpha value is -1.02. The van der Waals surface area contributed by atoms with E-state index < -0.39 is 0 Å². The van der Waals surface area contributed by atoms with E-state index in [0.717, 1.165) is 12.3 Å². The lowest BCUT2D eigenvalue weighted by Gasteiger charge is -2.28. The monoisotopic (exact) mass is 218 g/mol. The van der Waals surface area contributed by atoms with Gasteiger partial charge in [-0.15, -0.1) is 0 Å². The molecule has 0 aromatic heterocycles. The average Bonchev–Trinajstić information content (AvgIpc) is 2.23. The fourth-order valence-corrected chi connectivity index (χ4v) is 2.24. The van der Waals surface area contributed by atoms with Crippen LogP contribution in [0, 0.1) is 5.92 Å². The normalized spacial score (nSPS) is 17.9.